The normalized spacial score (nSPS) is 14.9. The average Bonchev–Trinajstić information content (AvgIpc) is 2.72. The van der Waals surface area contributed by atoms with E-state index in [-0.39, 0.29) is 17.9 Å². The molecule has 1 saturated carbocycles. The molecule has 4 heteroatoms. The van der Waals surface area contributed by atoms with Gasteiger partial charge in [0.1, 0.15) is 5.54 Å². The van der Waals surface area contributed by atoms with Crippen molar-refractivity contribution in [2.75, 3.05) is 0 Å². The van der Waals surface area contributed by atoms with Crippen LogP contribution >= 0.6 is 0 Å². The van der Waals surface area contributed by atoms with Crippen LogP contribution in [0.15, 0.2) is 78.9 Å². The molecule has 1 aromatic heterocycles. The van der Waals surface area contributed by atoms with Crippen molar-refractivity contribution in [3.05, 3.63) is 84.4 Å². The van der Waals surface area contributed by atoms with E-state index in [1.807, 2.05) is 42.5 Å². The number of para-hydroxylation sites is 2. The summed E-state index contributed by atoms with van der Waals surface area (Å²) >= 11 is 0. The molecule has 0 bridgehead atoms. The van der Waals surface area contributed by atoms with Crippen molar-refractivity contribution in [3.63, 3.8) is 0 Å². The Morgan fingerprint density at radius 2 is 1.14 bits per heavy atom. The summed E-state index contributed by atoms with van der Waals surface area (Å²) in [5.74, 6) is 0. The number of nitrogens with zero attached hydrogens (tertiary/aromatic N) is 2. The first kappa shape index (κ1) is 18.6. The summed E-state index contributed by atoms with van der Waals surface area (Å²) in [5.41, 5.74) is 11.7. The van der Waals surface area contributed by atoms with Gasteiger partial charge in [0.2, 0.25) is 0 Å². The van der Waals surface area contributed by atoms with Crippen molar-refractivity contribution in [3.8, 4) is 22.5 Å². The molecular formula is C24H22ClN3. The molecule has 140 valence electrons. The van der Waals surface area contributed by atoms with Crippen LogP contribution in [-0.4, -0.2) is 9.97 Å². The van der Waals surface area contributed by atoms with Gasteiger partial charge in [-0.15, -0.1) is 0 Å². The van der Waals surface area contributed by atoms with E-state index in [2.05, 4.69) is 42.1 Å². The molecule has 3 aromatic carbocycles. The Hall–Kier alpha value is -2.75. The smallest absolute Gasteiger partial charge is 0.120 e. The summed E-state index contributed by atoms with van der Waals surface area (Å²) in [6.07, 6.45) is 3.63. The van der Waals surface area contributed by atoms with Crippen molar-refractivity contribution in [2.45, 2.75) is 24.8 Å². The number of rotatable bonds is 3. The van der Waals surface area contributed by atoms with Gasteiger partial charge in [-0.05, 0) is 18.6 Å². The summed E-state index contributed by atoms with van der Waals surface area (Å²) < 4.78 is 0. The van der Waals surface area contributed by atoms with E-state index < -0.39 is 0 Å². The van der Waals surface area contributed by atoms with E-state index in [0.717, 1.165) is 33.5 Å². The monoisotopic (exact) mass is 387 g/mol. The molecule has 3 nitrogen and oxygen atoms in total. The second-order valence-corrected chi connectivity index (χ2v) is 7.49. The number of aromatic nitrogens is 2. The maximum atomic E-state index is 4.97. The molecule has 28 heavy (non-hydrogen) atoms. The molecule has 0 spiro atoms. The Balaban J connectivity index is 0.00000192. The Labute approximate surface area is 171 Å². The highest BCUT2D eigenvalue weighted by Gasteiger charge is 2.38. The average molecular weight is 388 g/mol. The molecule has 0 atom stereocenters. The highest BCUT2D eigenvalue weighted by Crippen LogP contribution is 2.38. The first-order chi connectivity index (χ1) is 13.2. The van der Waals surface area contributed by atoms with Gasteiger partial charge in [-0.3, -0.25) is 0 Å². The molecule has 1 heterocycles. The lowest BCUT2D eigenvalue weighted by Crippen LogP contribution is -3.00. The Kier molecular flexibility index (Phi) is 4.88. The second-order valence-electron chi connectivity index (χ2n) is 7.49. The van der Waals surface area contributed by atoms with E-state index >= 15 is 0 Å². The second kappa shape index (κ2) is 7.34. The van der Waals surface area contributed by atoms with Gasteiger partial charge in [-0.25, -0.2) is 9.97 Å². The van der Waals surface area contributed by atoms with Gasteiger partial charge in [0.05, 0.1) is 22.4 Å². The fourth-order valence-electron chi connectivity index (χ4n) is 3.87. The zero-order chi connectivity index (χ0) is 18.3. The van der Waals surface area contributed by atoms with Crippen LogP contribution in [0.5, 0.6) is 0 Å². The van der Waals surface area contributed by atoms with E-state index in [4.69, 9.17) is 9.97 Å². The van der Waals surface area contributed by atoms with Gasteiger partial charge in [-0.2, -0.15) is 0 Å². The summed E-state index contributed by atoms with van der Waals surface area (Å²) in [6, 6.07) is 27.1. The van der Waals surface area contributed by atoms with Gasteiger partial charge in [0, 0.05) is 29.5 Å². The lowest BCUT2D eigenvalue weighted by Gasteiger charge is -2.34. The third kappa shape index (κ3) is 3.17. The third-order valence-electron chi connectivity index (χ3n) is 5.70. The molecule has 0 saturated heterocycles. The highest BCUT2D eigenvalue weighted by molar-refractivity contribution is 5.86. The molecule has 1 aliphatic rings. The van der Waals surface area contributed by atoms with Crippen molar-refractivity contribution in [1.29, 1.82) is 0 Å². The molecule has 1 fully saturated rings. The van der Waals surface area contributed by atoms with E-state index in [1.54, 1.807) is 0 Å². The molecule has 1 aliphatic carbocycles. The molecule has 0 unspecified atom stereocenters. The minimum Gasteiger partial charge on any atom is -1.00 e. The topological polar surface area (TPSA) is 53.4 Å². The van der Waals surface area contributed by atoms with Gasteiger partial charge >= 0.3 is 0 Å². The number of fused-ring (bicyclic) bond motifs is 1. The summed E-state index contributed by atoms with van der Waals surface area (Å²) in [5, 5.41) is 0. The fraction of sp³-hybridized carbons (Fsp3) is 0.167. The quantitative estimate of drug-likeness (QED) is 0.580. The summed E-state index contributed by atoms with van der Waals surface area (Å²) in [4.78, 5) is 9.92. The SMILES string of the molecule is [Cl-].[NH3+]C1(c2ccc(-c3nc4ccccc4nc3-c3ccccc3)cc2)CCC1. The summed E-state index contributed by atoms with van der Waals surface area (Å²) in [6.45, 7) is 0. The van der Waals surface area contributed by atoms with Crippen LogP contribution in [-0.2, 0) is 5.54 Å². The predicted molar refractivity (Wildman–Crippen MR) is 109 cm³/mol. The van der Waals surface area contributed by atoms with Gasteiger partial charge < -0.3 is 18.1 Å². The van der Waals surface area contributed by atoms with Crippen molar-refractivity contribution < 1.29 is 18.1 Å². The van der Waals surface area contributed by atoms with E-state index in [9.17, 15) is 0 Å². The van der Waals surface area contributed by atoms with Crippen LogP contribution in [0.25, 0.3) is 33.5 Å². The number of halogens is 1. The van der Waals surface area contributed by atoms with E-state index in [1.165, 1.54) is 24.8 Å². The number of hydrogen-bond donors (Lipinski definition) is 1. The molecule has 0 aliphatic heterocycles. The van der Waals surface area contributed by atoms with Gasteiger partial charge in [0.15, 0.2) is 0 Å². The van der Waals surface area contributed by atoms with Gasteiger partial charge in [-0.1, -0.05) is 66.7 Å². The number of benzene rings is 3. The van der Waals surface area contributed by atoms with Crippen LogP contribution in [0.2, 0.25) is 0 Å². The number of hydrogen-bond acceptors (Lipinski definition) is 2. The maximum absolute atomic E-state index is 4.97. The van der Waals surface area contributed by atoms with Gasteiger partial charge in [0.25, 0.3) is 0 Å². The van der Waals surface area contributed by atoms with Crippen LogP contribution in [0.4, 0.5) is 0 Å². The van der Waals surface area contributed by atoms with Crippen LogP contribution in [0.3, 0.4) is 0 Å². The first-order valence-corrected chi connectivity index (χ1v) is 9.51. The van der Waals surface area contributed by atoms with Crippen LogP contribution < -0.4 is 18.1 Å². The third-order valence-corrected chi connectivity index (χ3v) is 5.70. The molecule has 4 aromatic rings. The molecule has 0 amide bonds. The minimum absolute atomic E-state index is 0. The maximum Gasteiger partial charge on any atom is 0.120 e. The van der Waals surface area contributed by atoms with Crippen LogP contribution in [0, 0.1) is 0 Å². The van der Waals surface area contributed by atoms with Crippen LogP contribution in [0.1, 0.15) is 24.8 Å². The molecule has 0 radical (unpaired) electrons. The largest absolute Gasteiger partial charge is 1.00 e. The molecule has 5 rings (SSSR count). The molecular weight excluding hydrogens is 366 g/mol. The van der Waals surface area contributed by atoms with Crippen molar-refractivity contribution in [2.24, 2.45) is 0 Å². The number of quaternary nitrogens is 1. The Morgan fingerprint density at radius 1 is 0.643 bits per heavy atom. The van der Waals surface area contributed by atoms with Crippen molar-refractivity contribution in [1.82, 2.24) is 9.97 Å². The zero-order valence-electron chi connectivity index (χ0n) is 15.6. The first-order valence-electron chi connectivity index (χ1n) is 9.51. The fourth-order valence-corrected chi connectivity index (χ4v) is 3.87. The lowest BCUT2D eigenvalue weighted by atomic mass is 9.72. The standard InChI is InChI=1S/C24H21N3.ClH/c25-24(15-6-16-24)19-13-11-18(12-14-19)23-22(17-7-2-1-3-8-17)26-20-9-4-5-10-21(20)27-23;/h1-5,7-14H,6,15-16,25H2;1H. The Morgan fingerprint density at radius 3 is 1.64 bits per heavy atom. The summed E-state index contributed by atoms with van der Waals surface area (Å²) in [7, 11) is 0. The highest BCUT2D eigenvalue weighted by atomic mass is 35.5. The zero-order valence-corrected chi connectivity index (χ0v) is 16.4. The minimum atomic E-state index is 0. The lowest BCUT2D eigenvalue weighted by molar-refractivity contribution is -0.509. The molecule has 3 N–H and O–H groups in total. The van der Waals surface area contributed by atoms with E-state index in [0.29, 0.717) is 0 Å². The Bertz CT molecular complexity index is 1100. The van der Waals surface area contributed by atoms with Crippen molar-refractivity contribution >= 4 is 11.0 Å². The predicted octanol–water partition coefficient (Wildman–Crippen LogP) is 1.59.